The van der Waals surface area contributed by atoms with Crippen molar-refractivity contribution in [3.05, 3.63) is 0 Å². The van der Waals surface area contributed by atoms with Gasteiger partial charge in [0.25, 0.3) is 0 Å². The molecule has 2 aliphatic rings. The normalized spacial score (nSPS) is 47.1. The van der Waals surface area contributed by atoms with E-state index < -0.39 is 68.0 Å². The number of aliphatic hydroxyl groups is 8. The maximum atomic E-state index is 10.1. The molecule has 0 aromatic carbocycles. The summed E-state index contributed by atoms with van der Waals surface area (Å²) >= 11 is 0. The zero-order chi connectivity index (χ0) is 19.4. The Kier molecular flexibility index (Phi) is 8.08. The van der Waals surface area contributed by atoms with Gasteiger partial charge in [-0.05, 0) is 0 Å². The van der Waals surface area contributed by atoms with Crippen LogP contribution in [-0.4, -0.2) is 129 Å². The van der Waals surface area contributed by atoms with Gasteiger partial charge < -0.3 is 59.8 Å². The van der Waals surface area contributed by atoms with Crippen LogP contribution in [-0.2, 0) is 18.9 Å². The Morgan fingerprint density at radius 2 is 1.42 bits per heavy atom. The van der Waals surface area contributed by atoms with E-state index in [1.165, 1.54) is 0 Å². The van der Waals surface area contributed by atoms with Gasteiger partial charge >= 0.3 is 0 Å². The molecule has 2 heterocycles. The lowest BCUT2D eigenvalue weighted by Crippen LogP contribution is -2.64. The molecule has 0 aliphatic carbocycles. The van der Waals surface area contributed by atoms with Gasteiger partial charge in [-0.15, -0.1) is 0 Å². The second kappa shape index (κ2) is 9.64. The lowest BCUT2D eigenvalue weighted by Gasteiger charge is -2.45. The number of hydrogen-bond acceptors (Lipinski definition) is 12. The fraction of sp³-hybridized carbons (Fsp3) is 1.00. The van der Waals surface area contributed by atoms with Gasteiger partial charge in [0.1, 0.15) is 48.8 Å². The van der Waals surface area contributed by atoms with Crippen LogP contribution in [0.3, 0.4) is 0 Å². The Morgan fingerprint density at radius 1 is 0.731 bits per heavy atom. The van der Waals surface area contributed by atoms with E-state index in [0.29, 0.717) is 0 Å². The minimum atomic E-state index is -1.74. The van der Waals surface area contributed by atoms with Crippen LogP contribution in [0.1, 0.15) is 0 Å². The molecule has 2 fully saturated rings. The lowest BCUT2D eigenvalue weighted by atomic mass is 9.97. The van der Waals surface area contributed by atoms with E-state index in [2.05, 4.69) is 0 Å². The second-order valence-corrected chi connectivity index (χ2v) is 6.14. The van der Waals surface area contributed by atoms with Gasteiger partial charge in [0.15, 0.2) is 12.6 Å². The zero-order valence-electron chi connectivity index (χ0n) is 13.8. The summed E-state index contributed by atoms with van der Waals surface area (Å²) in [5.41, 5.74) is 0. The first-order valence-corrected chi connectivity index (χ1v) is 8.16. The molecular weight excluding hydrogens is 360 g/mol. The van der Waals surface area contributed by atoms with Gasteiger partial charge in [-0.25, -0.2) is 0 Å². The predicted molar refractivity (Wildman–Crippen MR) is 79.4 cm³/mol. The van der Waals surface area contributed by atoms with Crippen LogP contribution in [0, 0.1) is 0 Å². The van der Waals surface area contributed by atoms with E-state index >= 15 is 0 Å². The molecule has 2 rings (SSSR count). The van der Waals surface area contributed by atoms with E-state index in [9.17, 15) is 35.7 Å². The molecule has 2 aliphatic heterocycles. The molecule has 0 bridgehead atoms. The first-order chi connectivity index (χ1) is 12.3. The molecule has 0 unspecified atom stereocenters. The molecular formula is C14H26O12. The summed E-state index contributed by atoms with van der Waals surface area (Å²) in [6.45, 7) is -1.21. The molecule has 154 valence electrons. The van der Waals surface area contributed by atoms with Gasteiger partial charge in [-0.3, -0.25) is 0 Å². The summed E-state index contributed by atoms with van der Waals surface area (Å²) < 4.78 is 20.7. The third kappa shape index (κ3) is 4.67. The first-order valence-electron chi connectivity index (χ1n) is 8.16. The van der Waals surface area contributed by atoms with Crippen LogP contribution in [0.25, 0.3) is 0 Å². The van der Waals surface area contributed by atoms with E-state index in [4.69, 9.17) is 24.1 Å². The van der Waals surface area contributed by atoms with Crippen LogP contribution in [0.15, 0.2) is 0 Å². The van der Waals surface area contributed by atoms with Crippen LogP contribution >= 0.6 is 0 Å². The van der Waals surface area contributed by atoms with Crippen LogP contribution in [0.4, 0.5) is 0 Å². The van der Waals surface area contributed by atoms with Crippen molar-refractivity contribution in [2.75, 3.05) is 26.4 Å². The molecule has 2 saturated heterocycles. The Balaban J connectivity index is 2.07. The van der Waals surface area contributed by atoms with Crippen molar-refractivity contribution in [1.82, 2.24) is 0 Å². The highest BCUT2D eigenvalue weighted by Gasteiger charge is 2.50. The molecule has 0 aromatic heterocycles. The maximum Gasteiger partial charge on any atom is 0.187 e. The lowest BCUT2D eigenvalue weighted by molar-refractivity contribution is -0.355. The largest absolute Gasteiger partial charge is 0.394 e. The molecule has 12 heteroatoms. The summed E-state index contributed by atoms with van der Waals surface area (Å²) in [4.78, 5) is 0. The fourth-order valence-corrected chi connectivity index (χ4v) is 2.82. The summed E-state index contributed by atoms with van der Waals surface area (Å²) in [5, 5.41) is 77.2. The molecule has 0 amide bonds. The average molecular weight is 386 g/mol. The number of hydrogen-bond donors (Lipinski definition) is 8. The molecule has 26 heavy (non-hydrogen) atoms. The summed E-state index contributed by atoms with van der Waals surface area (Å²) in [7, 11) is 0. The van der Waals surface area contributed by atoms with Gasteiger partial charge in [0.2, 0.25) is 0 Å². The van der Waals surface area contributed by atoms with Crippen molar-refractivity contribution in [3.63, 3.8) is 0 Å². The topological polar surface area (TPSA) is 199 Å². The minimum absolute atomic E-state index is 0.0391. The van der Waals surface area contributed by atoms with Crippen molar-refractivity contribution >= 4 is 0 Å². The Bertz CT molecular complexity index is 423. The van der Waals surface area contributed by atoms with Crippen molar-refractivity contribution in [1.29, 1.82) is 0 Å². The Hall–Kier alpha value is -0.480. The molecule has 0 aromatic rings. The SMILES string of the molecule is OCCOC[C@H]1O[C@@H](O[C@H]2[C@H](O)[C@@H](O)[C@@H](O)O[C@@H]2CO)[C@H](O)[C@@H](O)[C@H]1O. The average Bonchev–Trinajstić information content (AvgIpc) is 2.63. The molecule has 8 N–H and O–H groups in total. The molecule has 0 spiro atoms. The maximum absolute atomic E-state index is 10.1. The number of rotatable bonds is 7. The third-order valence-corrected chi connectivity index (χ3v) is 4.32. The van der Waals surface area contributed by atoms with Gasteiger partial charge in [-0.1, -0.05) is 0 Å². The van der Waals surface area contributed by atoms with Gasteiger partial charge in [0.05, 0.1) is 26.4 Å². The highest BCUT2D eigenvalue weighted by Crippen LogP contribution is 2.28. The van der Waals surface area contributed by atoms with E-state index in [1.54, 1.807) is 0 Å². The van der Waals surface area contributed by atoms with Crippen LogP contribution in [0.2, 0.25) is 0 Å². The van der Waals surface area contributed by atoms with Crippen molar-refractivity contribution < 1.29 is 59.8 Å². The zero-order valence-corrected chi connectivity index (χ0v) is 13.8. The molecule has 10 atom stereocenters. The van der Waals surface area contributed by atoms with Gasteiger partial charge in [-0.2, -0.15) is 0 Å². The summed E-state index contributed by atoms with van der Waals surface area (Å²) in [5.74, 6) is 0. The van der Waals surface area contributed by atoms with Gasteiger partial charge in [0, 0.05) is 0 Å². The highest BCUT2D eigenvalue weighted by atomic mass is 16.7. The fourth-order valence-electron chi connectivity index (χ4n) is 2.82. The van der Waals surface area contributed by atoms with Crippen molar-refractivity contribution in [2.45, 2.75) is 61.4 Å². The first kappa shape index (κ1) is 21.8. The summed E-state index contributed by atoms with van der Waals surface area (Å²) in [6.07, 6.45) is -15.4. The quantitative estimate of drug-likeness (QED) is 0.194. The minimum Gasteiger partial charge on any atom is -0.394 e. The van der Waals surface area contributed by atoms with E-state index in [1.807, 2.05) is 0 Å². The molecule has 12 nitrogen and oxygen atoms in total. The number of ether oxygens (including phenoxy) is 4. The smallest absolute Gasteiger partial charge is 0.187 e. The monoisotopic (exact) mass is 386 g/mol. The van der Waals surface area contributed by atoms with Crippen molar-refractivity contribution in [3.8, 4) is 0 Å². The van der Waals surface area contributed by atoms with E-state index in [0.717, 1.165) is 0 Å². The Labute approximate surface area is 148 Å². The second-order valence-electron chi connectivity index (χ2n) is 6.14. The van der Waals surface area contributed by atoms with E-state index in [-0.39, 0.29) is 19.8 Å². The summed E-state index contributed by atoms with van der Waals surface area (Å²) in [6, 6.07) is 0. The van der Waals surface area contributed by atoms with Crippen molar-refractivity contribution in [2.24, 2.45) is 0 Å². The highest BCUT2D eigenvalue weighted by molar-refractivity contribution is 4.93. The van der Waals surface area contributed by atoms with Crippen LogP contribution in [0.5, 0.6) is 0 Å². The standard InChI is InChI=1S/C14H26O12/c15-1-2-23-4-6-7(17)8(18)11(21)14(25-6)26-12-5(3-16)24-13(22)10(20)9(12)19/h5-22H,1-4H2/t5-,6-,7+,8+,9-,10-,11-,12-,13+,14+/m1/s1. The Morgan fingerprint density at radius 3 is 2.04 bits per heavy atom. The predicted octanol–water partition coefficient (Wildman–Crippen LogP) is -5.38. The number of aliphatic hydroxyl groups excluding tert-OH is 8. The van der Waals surface area contributed by atoms with Crippen LogP contribution < -0.4 is 0 Å². The molecule has 0 saturated carbocycles. The molecule has 0 radical (unpaired) electrons. The third-order valence-electron chi connectivity index (χ3n) is 4.32.